The monoisotopic (exact) mass is 323 g/mol. The first-order chi connectivity index (χ1) is 8.58. The number of anilines is 1. The second kappa shape index (κ2) is 5.77. The molecule has 1 nitrogen and oxygen atoms in total. The summed E-state index contributed by atoms with van der Waals surface area (Å²) in [5, 5.41) is 4.24. The number of hydrogen-bond donors (Lipinski definition) is 1. The largest absolute Gasteiger partial charge is 0.381 e. The predicted molar refractivity (Wildman–Crippen MR) is 82.4 cm³/mol. The molecule has 0 spiro atoms. The summed E-state index contributed by atoms with van der Waals surface area (Å²) in [5.74, 6) is 0. The van der Waals surface area contributed by atoms with Gasteiger partial charge in [0, 0.05) is 21.7 Å². The molecule has 2 aromatic carbocycles. The average Bonchev–Trinajstić information content (AvgIpc) is 2.33. The van der Waals surface area contributed by atoms with Gasteiger partial charge in [-0.15, -0.1) is 0 Å². The van der Waals surface area contributed by atoms with Crippen LogP contribution in [0.4, 0.5) is 5.69 Å². The van der Waals surface area contributed by atoms with Gasteiger partial charge >= 0.3 is 0 Å². The molecule has 0 radical (unpaired) electrons. The van der Waals surface area contributed by atoms with E-state index in [4.69, 9.17) is 11.6 Å². The van der Waals surface area contributed by atoms with E-state index in [0.29, 0.717) is 0 Å². The van der Waals surface area contributed by atoms with Crippen molar-refractivity contribution in [1.82, 2.24) is 0 Å². The summed E-state index contributed by atoms with van der Waals surface area (Å²) in [5.41, 5.74) is 4.85. The fourth-order valence-electron chi connectivity index (χ4n) is 1.85. The lowest BCUT2D eigenvalue weighted by Crippen LogP contribution is -2.02. The van der Waals surface area contributed by atoms with Crippen molar-refractivity contribution in [3.8, 4) is 0 Å². The van der Waals surface area contributed by atoms with E-state index in [1.165, 1.54) is 16.7 Å². The lowest BCUT2D eigenvalue weighted by molar-refractivity contribution is 1.11. The molecule has 2 aromatic rings. The van der Waals surface area contributed by atoms with Crippen LogP contribution in [-0.4, -0.2) is 0 Å². The summed E-state index contributed by atoms with van der Waals surface area (Å²) in [7, 11) is 0. The number of aryl methyl sites for hydroxylation is 1. The Bertz CT molecular complexity index is 566. The molecular weight excluding hydrogens is 310 g/mol. The minimum absolute atomic E-state index is 0.787. The maximum absolute atomic E-state index is 5.95. The van der Waals surface area contributed by atoms with E-state index in [2.05, 4.69) is 47.2 Å². The van der Waals surface area contributed by atoms with Crippen molar-refractivity contribution >= 4 is 33.2 Å². The fourth-order valence-corrected chi connectivity index (χ4v) is 2.44. The van der Waals surface area contributed by atoms with Crippen LogP contribution in [0.2, 0.25) is 5.02 Å². The molecule has 0 aromatic heterocycles. The van der Waals surface area contributed by atoms with Gasteiger partial charge in [-0.2, -0.15) is 0 Å². The number of benzene rings is 2. The van der Waals surface area contributed by atoms with E-state index in [1.54, 1.807) is 0 Å². The van der Waals surface area contributed by atoms with Gasteiger partial charge in [0.2, 0.25) is 0 Å². The Balaban J connectivity index is 2.14. The van der Waals surface area contributed by atoms with E-state index in [-0.39, 0.29) is 0 Å². The van der Waals surface area contributed by atoms with Crippen LogP contribution in [0.1, 0.15) is 16.7 Å². The number of rotatable bonds is 3. The van der Waals surface area contributed by atoms with Gasteiger partial charge in [0.25, 0.3) is 0 Å². The molecule has 0 aliphatic rings. The lowest BCUT2D eigenvalue weighted by atomic mass is 10.1. The second-order valence-electron chi connectivity index (χ2n) is 4.34. The molecule has 0 saturated heterocycles. The number of halogens is 2. The van der Waals surface area contributed by atoms with Crippen molar-refractivity contribution < 1.29 is 0 Å². The van der Waals surface area contributed by atoms with Gasteiger partial charge in [0.15, 0.2) is 0 Å². The van der Waals surface area contributed by atoms with Gasteiger partial charge in [0.05, 0.1) is 0 Å². The molecule has 0 aliphatic heterocycles. The van der Waals surface area contributed by atoms with Crippen molar-refractivity contribution in [1.29, 1.82) is 0 Å². The van der Waals surface area contributed by atoms with E-state index in [1.807, 2.05) is 24.3 Å². The van der Waals surface area contributed by atoms with Crippen LogP contribution >= 0.6 is 27.5 Å². The standard InChI is InChI=1S/C15H15BrClN/c1-10-8-13(17)7-6-12(10)9-18-15-5-3-4-14(16)11(15)2/h3-8,18H,9H2,1-2H3. The predicted octanol–water partition coefficient (Wildman–Crippen LogP) is 5.33. The third-order valence-electron chi connectivity index (χ3n) is 3.04. The first-order valence-corrected chi connectivity index (χ1v) is 6.99. The van der Waals surface area contributed by atoms with E-state index < -0.39 is 0 Å². The van der Waals surface area contributed by atoms with Crippen LogP contribution in [0.3, 0.4) is 0 Å². The highest BCUT2D eigenvalue weighted by Gasteiger charge is 2.03. The summed E-state index contributed by atoms with van der Waals surface area (Å²) >= 11 is 9.49. The molecule has 0 fully saturated rings. The first-order valence-electron chi connectivity index (χ1n) is 5.82. The van der Waals surface area contributed by atoms with Crippen LogP contribution in [0.5, 0.6) is 0 Å². The highest BCUT2D eigenvalue weighted by atomic mass is 79.9. The topological polar surface area (TPSA) is 12.0 Å². The minimum atomic E-state index is 0.787. The van der Waals surface area contributed by atoms with Gasteiger partial charge in [-0.1, -0.05) is 39.7 Å². The zero-order valence-corrected chi connectivity index (χ0v) is 12.8. The Morgan fingerprint density at radius 2 is 1.94 bits per heavy atom. The van der Waals surface area contributed by atoms with Crippen molar-refractivity contribution in [2.75, 3.05) is 5.32 Å². The summed E-state index contributed by atoms with van der Waals surface area (Å²) in [6.45, 7) is 4.98. The van der Waals surface area contributed by atoms with Gasteiger partial charge in [-0.05, 0) is 54.8 Å². The van der Waals surface area contributed by atoms with Crippen molar-refractivity contribution in [2.24, 2.45) is 0 Å². The Labute approximate surface area is 121 Å². The smallest absolute Gasteiger partial charge is 0.0408 e. The summed E-state index contributed by atoms with van der Waals surface area (Å²) < 4.78 is 1.13. The Morgan fingerprint density at radius 3 is 2.67 bits per heavy atom. The maximum Gasteiger partial charge on any atom is 0.0408 e. The fraction of sp³-hybridized carbons (Fsp3) is 0.200. The van der Waals surface area contributed by atoms with Crippen LogP contribution in [0, 0.1) is 13.8 Å². The molecule has 0 bridgehead atoms. The third-order valence-corrected chi connectivity index (χ3v) is 4.14. The molecular formula is C15H15BrClN. The Hall–Kier alpha value is -0.990. The van der Waals surface area contributed by atoms with Gasteiger partial charge in [-0.25, -0.2) is 0 Å². The zero-order valence-electron chi connectivity index (χ0n) is 10.4. The highest BCUT2D eigenvalue weighted by molar-refractivity contribution is 9.10. The zero-order chi connectivity index (χ0) is 13.1. The SMILES string of the molecule is Cc1cc(Cl)ccc1CNc1cccc(Br)c1C. The van der Waals surface area contributed by atoms with Gasteiger partial charge < -0.3 is 5.32 Å². The van der Waals surface area contributed by atoms with Crippen molar-refractivity contribution in [3.05, 3.63) is 62.6 Å². The molecule has 2 rings (SSSR count). The van der Waals surface area contributed by atoms with Crippen LogP contribution < -0.4 is 5.32 Å². The summed E-state index contributed by atoms with van der Waals surface area (Å²) in [4.78, 5) is 0. The molecule has 0 heterocycles. The normalized spacial score (nSPS) is 10.4. The Kier molecular flexibility index (Phi) is 4.31. The molecule has 0 saturated carbocycles. The molecule has 3 heteroatoms. The molecule has 18 heavy (non-hydrogen) atoms. The molecule has 0 aliphatic carbocycles. The quantitative estimate of drug-likeness (QED) is 0.804. The first kappa shape index (κ1) is 13.4. The summed E-state index contributed by atoms with van der Waals surface area (Å²) in [6.07, 6.45) is 0. The molecule has 1 N–H and O–H groups in total. The van der Waals surface area contributed by atoms with E-state index in [0.717, 1.165) is 21.7 Å². The molecule has 0 atom stereocenters. The van der Waals surface area contributed by atoms with Crippen LogP contribution in [0.25, 0.3) is 0 Å². The third kappa shape index (κ3) is 3.06. The van der Waals surface area contributed by atoms with E-state index in [9.17, 15) is 0 Å². The number of nitrogens with one attached hydrogen (secondary N) is 1. The number of hydrogen-bond acceptors (Lipinski definition) is 1. The van der Waals surface area contributed by atoms with Gasteiger partial charge in [-0.3, -0.25) is 0 Å². The summed E-state index contributed by atoms with van der Waals surface area (Å²) in [6, 6.07) is 12.2. The van der Waals surface area contributed by atoms with Crippen LogP contribution in [-0.2, 0) is 6.54 Å². The van der Waals surface area contributed by atoms with E-state index >= 15 is 0 Å². The Morgan fingerprint density at radius 1 is 1.17 bits per heavy atom. The van der Waals surface area contributed by atoms with Crippen molar-refractivity contribution in [2.45, 2.75) is 20.4 Å². The molecule has 0 amide bonds. The average molecular weight is 325 g/mol. The van der Waals surface area contributed by atoms with Crippen LogP contribution in [0.15, 0.2) is 40.9 Å². The second-order valence-corrected chi connectivity index (χ2v) is 5.63. The molecule has 94 valence electrons. The maximum atomic E-state index is 5.95. The minimum Gasteiger partial charge on any atom is -0.381 e. The highest BCUT2D eigenvalue weighted by Crippen LogP contribution is 2.24. The van der Waals surface area contributed by atoms with Gasteiger partial charge in [0.1, 0.15) is 0 Å². The van der Waals surface area contributed by atoms with Crippen molar-refractivity contribution in [3.63, 3.8) is 0 Å². The molecule has 0 unspecified atom stereocenters. The lowest BCUT2D eigenvalue weighted by Gasteiger charge is -2.12.